The number of carbonyl (C=O) groups excluding carboxylic acids is 1. The Kier molecular flexibility index (Phi) is 6.24. The largest absolute Gasteiger partial charge is 0.385 e. The fraction of sp³-hybridized carbons (Fsp3) is 0.480. The van der Waals surface area contributed by atoms with Gasteiger partial charge in [0.25, 0.3) is 0 Å². The van der Waals surface area contributed by atoms with Gasteiger partial charge in [0, 0.05) is 10.7 Å². The van der Waals surface area contributed by atoms with Gasteiger partial charge in [0.15, 0.2) is 0 Å². The van der Waals surface area contributed by atoms with Gasteiger partial charge in [-0.2, -0.15) is 0 Å². The highest BCUT2D eigenvalue weighted by molar-refractivity contribution is 9.09. The number of carbonyl (C=O) groups is 1. The molecule has 0 aliphatic heterocycles. The van der Waals surface area contributed by atoms with Crippen molar-refractivity contribution in [2.45, 2.75) is 43.4 Å². The normalized spacial score (nSPS) is 33.0. The zero-order valence-electron chi connectivity index (χ0n) is 16.9. The van der Waals surface area contributed by atoms with Crippen molar-refractivity contribution in [3.8, 4) is 0 Å². The lowest BCUT2D eigenvalue weighted by molar-refractivity contribution is -0.127. The van der Waals surface area contributed by atoms with E-state index in [1.165, 1.54) is 0 Å². The van der Waals surface area contributed by atoms with Crippen molar-refractivity contribution < 1.29 is 14.6 Å². The molecule has 2 fully saturated rings. The summed E-state index contributed by atoms with van der Waals surface area (Å²) in [5.41, 5.74) is 1.79. The predicted molar refractivity (Wildman–Crippen MR) is 118 cm³/mol. The van der Waals surface area contributed by atoms with E-state index in [-0.39, 0.29) is 22.8 Å². The van der Waals surface area contributed by atoms with Gasteiger partial charge in [-0.05, 0) is 41.2 Å². The number of hydrogen-bond acceptors (Lipinski definition) is 3. The molecule has 2 saturated carbocycles. The van der Waals surface area contributed by atoms with Crippen molar-refractivity contribution in [1.82, 2.24) is 0 Å². The monoisotopic (exact) mass is 456 g/mol. The standard InChI is InChI=1S/C25H29BrO3/c1-15(2)21-19-13-18(20(21)14-27)25(22(19)26)29-24(17-11-7-4-8-12-17)23(28)16-9-5-3-6-10-16/h3-12,14-15,18-25,28H,13H2,1-2H3/t18-,19+,20-,21-,22+,23+,24+,25+/m1/s1. The molecule has 0 heterocycles. The Bertz CT molecular complexity index is 809. The minimum absolute atomic E-state index is 0.0316. The lowest BCUT2D eigenvalue weighted by Crippen LogP contribution is -2.44. The van der Waals surface area contributed by atoms with Gasteiger partial charge in [-0.3, -0.25) is 0 Å². The molecule has 3 nitrogen and oxygen atoms in total. The molecule has 0 aromatic heterocycles. The van der Waals surface area contributed by atoms with E-state index in [0.29, 0.717) is 17.8 Å². The molecule has 0 spiro atoms. The second-order valence-corrected chi connectivity index (χ2v) is 9.89. The fourth-order valence-electron chi connectivity index (χ4n) is 5.65. The maximum atomic E-state index is 12.0. The summed E-state index contributed by atoms with van der Waals surface area (Å²) in [6.45, 7) is 4.42. The Morgan fingerprint density at radius 1 is 1.00 bits per heavy atom. The Labute approximate surface area is 181 Å². The Balaban J connectivity index is 1.63. The van der Waals surface area contributed by atoms with E-state index in [1.54, 1.807) is 0 Å². The SMILES string of the molecule is CC(C)[C@H]1[C@H](C=O)[C@H]2C[C@@H]1[C@H](Br)[C@H]2O[C@@H](c1ccccc1)[C@@H](O)c1ccccc1. The number of alkyl halides is 1. The molecule has 154 valence electrons. The van der Waals surface area contributed by atoms with Crippen LogP contribution in [0.3, 0.4) is 0 Å². The topological polar surface area (TPSA) is 46.5 Å². The fourth-order valence-corrected chi connectivity index (χ4v) is 6.74. The van der Waals surface area contributed by atoms with Crippen LogP contribution in [0.25, 0.3) is 0 Å². The molecule has 2 aromatic carbocycles. The first-order chi connectivity index (χ1) is 14.0. The van der Waals surface area contributed by atoms with Crippen LogP contribution in [0, 0.1) is 29.6 Å². The van der Waals surface area contributed by atoms with Crippen molar-refractivity contribution in [2.75, 3.05) is 0 Å². The Morgan fingerprint density at radius 2 is 1.59 bits per heavy atom. The van der Waals surface area contributed by atoms with Crippen LogP contribution in [-0.2, 0) is 9.53 Å². The number of halogens is 1. The van der Waals surface area contributed by atoms with E-state index >= 15 is 0 Å². The Morgan fingerprint density at radius 3 is 2.14 bits per heavy atom. The van der Waals surface area contributed by atoms with Crippen LogP contribution < -0.4 is 0 Å². The lowest BCUT2D eigenvalue weighted by atomic mass is 9.73. The summed E-state index contributed by atoms with van der Waals surface area (Å²) in [6.07, 6.45) is 0.820. The average molecular weight is 457 g/mol. The Hall–Kier alpha value is -1.49. The molecule has 4 heteroatoms. The first-order valence-corrected chi connectivity index (χ1v) is 11.5. The van der Waals surface area contributed by atoms with Crippen LogP contribution in [0.2, 0.25) is 0 Å². The number of fused-ring (bicyclic) bond motifs is 2. The molecule has 2 bridgehead atoms. The highest BCUT2D eigenvalue weighted by Gasteiger charge is 2.59. The van der Waals surface area contributed by atoms with E-state index in [1.807, 2.05) is 60.7 Å². The van der Waals surface area contributed by atoms with Crippen LogP contribution in [0.15, 0.2) is 60.7 Å². The van der Waals surface area contributed by atoms with Gasteiger partial charge in [-0.15, -0.1) is 0 Å². The third kappa shape index (κ3) is 3.83. The van der Waals surface area contributed by atoms with E-state index < -0.39 is 12.2 Å². The molecule has 2 aromatic rings. The number of rotatable bonds is 7. The third-order valence-electron chi connectivity index (χ3n) is 6.91. The molecule has 2 aliphatic carbocycles. The van der Waals surface area contributed by atoms with Crippen molar-refractivity contribution in [3.05, 3.63) is 71.8 Å². The molecular formula is C25H29BrO3. The second-order valence-electron chi connectivity index (χ2n) is 8.83. The summed E-state index contributed by atoms with van der Waals surface area (Å²) in [5.74, 6) is 1.54. The number of benzene rings is 2. The summed E-state index contributed by atoms with van der Waals surface area (Å²) in [7, 11) is 0. The van der Waals surface area contributed by atoms with Gasteiger partial charge in [-0.1, -0.05) is 90.4 Å². The van der Waals surface area contributed by atoms with Crippen LogP contribution in [0.4, 0.5) is 0 Å². The minimum Gasteiger partial charge on any atom is -0.385 e. The molecule has 4 rings (SSSR count). The summed E-state index contributed by atoms with van der Waals surface area (Å²) in [5, 5.41) is 11.2. The summed E-state index contributed by atoms with van der Waals surface area (Å²) < 4.78 is 6.66. The molecule has 8 atom stereocenters. The second kappa shape index (κ2) is 8.71. The van der Waals surface area contributed by atoms with Crippen molar-refractivity contribution in [2.24, 2.45) is 29.6 Å². The molecule has 2 aliphatic rings. The summed E-state index contributed by atoms with van der Waals surface area (Å²) in [4.78, 5) is 12.2. The number of hydrogen-bond donors (Lipinski definition) is 1. The number of aliphatic hydroxyl groups excluding tert-OH is 1. The van der Waals surface area contributed by atoms with E-state index in [4.69, 9.17) is 4.74 Å². The number of aliphatic hydroxyl groups is 1. The zero-order valence-corrected chi connectivity index (χ0v) is 18.5. The highest BCUT2D eigenvalue weighted by Crippen LogP contribution is 2.58. The first kappa shape index (κ1) is 20.8. The van der Waals surface area contributed by atoms with Gasteiger partial charge in [0.2, 0.25) is 0 Å². The van der Waals surface area contributed by atoms with Crippen LogP contribution >= 0.6 is 15.9 Å². The average Bonchev–Trinajstić information content (AvgIpc) is 3.28. The summed E-state index contributed by atoms with van der Waals surface area (Å²) in [6, 6.07) is 19.6. The predicted octanol–water partition coefficient (Wildman–Crippen LogP) is 5.35. The van der Waals surface area contributed by atoms with Crippen LogP contribution in [0.5, 0.6) is 0 Å². The van der Waals surface area contributed by atoms with Crippen molar-refractivity contribution in [3.63, 3.8) is 0 Å². The molecular weight excluding hydrogens is 428 g/mol. The van der Waals surface area contributed by atoms with Gasteiger partial charge >= 0.3 is 0 Å². The van der Waals surface area contributed by atoms with E-state index in [2.05, 4.69) is 29.8 Å². The van der Waals surface area contributed by atoms with Gasteiger partial charge in [0.05, 0.1) is 6.10 Å². The quantitative estimate of drug-likeness (QED) is 0.451. The van der Waals surface area contributed by atoms with Crippen LogP contribution in [-0.4, -0.2) is 22.3 Å². The smallest absolute Gasteiger partial charge is 0.123 e. The molecule has 1 N–H and O–H groups in total. The zero-order chi connectivity index (χ0) is 20.5. The minimum atomic E-state index is -0.770. The highest BCUT2D eigenvalue weighted by atomic mass is 79.9. The molecule has 0 saturated heterocycles. The maximum Gasteiger partial charge on any atom is 0.123 e. The number of ether oxygens (including phenoxy) is 1. The van der Waals surface area contributed by atoms with Gasteiger partial charge in [0.1, 0.15) is 18.5 Å². The lowest BCUT2D eigenvalue weighted by Gasteiger charge is -2.40. The molecule has 0 amide bonds. The third-order valence-corrected chi connectivity index (χ3v) is 8.11. The first-order valence-electron chi connectivity index (χ1n) is 10.6. The van der Waals surface area contributed by atoms with Crippen molar-refractivity contribution >= 4 is 22.2 Å². The van der Waals surface area contributed by atoms with Crippen LogP contribution in [0.1, 0.15) is 43.6 Å². The maximum absolute atomic E-state index is 12.0. The van der Waals surface area contributed by atoms with Crippen molar-refractivity contribution in [1.29, 1.82) is 0 Å². The summed E-state index contributed by atoms with van der Waals surface area (Å²) >= 11 is 3.91. The van der Waals surface area contributed by atoms with E-state index in [9.17, 15) is 9.90 Å². The van der Waals surface area contributed by atoms with Gasteiger partial charge in [-0.25, -0.2) is 0 Å². The molecule has 0 radical (unpaired) electrons. The van der Waals surface area contributed by atoms with E-state index in [0.717, 1.165) is 23.8 Å². The number of aldehydes is 1. The van der Waals surface area contributed by atoms with Gasteiger partial charge < -0.3 is 14.6 Å². The molecule has 0 unspecified atom stereocenters. The molecule has 29 heavy (non-hydrogen) atoms.